The van der Waals surface area contributed by atoms with E-state index < -0.39 is 0 Å². The van der Waals surface area contributed by atoms with Crippen LogP contribution >= 0.6 is 0 Å². The van der Waals surface area contributed by atoms with Crippen LogP contribution in [0.5, 0.6) is 5.88 Å². The highest BCUT2D eigenvalue weighted by molar-refractivity contribution is 6.05. The molecule has 3 heterocycles. The molecule has 0 aromatic carbocycles. The predicted molar refractivity (Wildman–Crippen MR) is 69.7 cm³/mol. The van der Waals surface area contributed by atoms with Crippen LogP contribution < -0.4 is 10.5 Å². The summed E-state index contributed by atoms with van der Waals surface area (Å²) < 4.78 is 5.18. The highest BCUT2D eigenvalue weighted by atomic mass is 16.6. The monoisotopic (exact) mass is 259 g/mol. The lowest BCUT2D eigenvalue weighted by atomic mass is 10.2. The zero-order chi connectivity index (χ0) is 13.5. The number of anilines is 1. The predicted octanol–water partition coefficient (Wildman–Crippen LogP) is 0.883. The smallest absolute Gasteiger partial charge is 0.243 e. The second-order valence-corrected chi connectivity index (χ2v) is 3.55. The van der Waals surface area contributed by atoms with E-state index in [-0.39, 0.29) is 0 Å². The van der Waals surface area contributed by atoms with Gasteiger partial charge in [-0.1, -0.05) is 5.16 Å². The molecule has 2 N–H and O–H groups in total. The number of fused-ring (bicyclic) bond motifs is 1. The van der Waals surface area contributed by atoms with Crippen molar-refractivity contribution in [1.29, 1.82) is 0 Å². The number of ether oxygens (including phenoxy) is 1. The minimum atomic E-state index is 0.405. The van der Waals surface area contributed by atoms with Crippen molar-refractivity contribution >= 4 is 11.4 Å². The minimum Gasteiger partial charge on any atom is -0.469 e. The Bertz CT molecular complexity index is 559. The molecule has 0 bridgehead atoms. The molecular weight excluding hydrogens is 246 g/mol. The van der Waals surface area contributed by atoms with Crippen molar-refractivity contribution in [2.45, 2.75) is 0 Å². The van der Waals surface area contributed by atoms with Crippen molar-refractivity contribution in [2.75, 3.05) is 19.5 Å². The average Bonchev–Trinajstić information content (AvgIpc) is 2.85. The zero-order valence-electron chi connectivity index (χ0n) is 10.4. The zero-order valence-corrected chi connectivity index (χ0v) is 10.4. The number of oxime groups is 1. The van der Waals surface area contributed by atoms with E-state index in [2.05, 4.69) is 25.2 Å². The Hall–Kier alpha value is -2.70. The van der Waals surface area contributed by atoms with Crippen LogP contribution in [0.25, 0.3) is 0 Å². The van der Waals surface area contributed by atoms with E-state index in [1.807, 2.05) is 0 Å². The Morgan fingerprint density at radius 2 is 2.26 bits per heavy atom. The number of nitrogens with zero attached hydrogens (tertiary/aromatic N) is 4. The van der Waals surface area contributed by atoms with Gasteiger partial charge >= 0.3 is 0 Å². The van der Waals surface area contributed by atoms with Gasteiger partial charge in [-0.15, -0.1) is 5.10 Å². The lowest BCUT2D eigenvalue weighted by Crippen LogP contribution is -2.02. The fourth-order valence-corrected chi connectivity index (χ4v) is 1.42. The number of aromatic nitrogens is 3. The molecule has 2 aromatic rings. The molecule has 0 aliphatic carbocycles. The molecular formula is C12H13N5O2. The SMILES string of the molecule is CON=C1COc2nnccc21.Nc1cccnc1. The normalized spacial score (nSPS) is 14.1. The van der Waals surface area contributed by atoms with Gasteiger partial charge in [0.05, 0.1) is 17.4 Å². The molecule has 0 unspecified atom stereocenters. The molecule has 0 radical (unpaired) electrons. The molecule has 2 aromatic heterocycles. The molecule has 0 saturated heterocycles. The highest BCUT2D eigenvalue weighted by Crippen LogP contribution is 2.20. The number of nitrogen functional groups attached to an aromatic ring is 1. The van der Waals surface area contributed by atoms with E-state index in [1.54, 1.807) is 36.8 Å². The number of hydrogen-bond donors (Lipinski definition) is 1. The Labute approximate surface area is 110 Å². The first-order valence-electron chi connectivity index (χ1n) is 5.51. The van der Waals surface area contributed by atoms with Gasteiger partial charge < -0.3 is 15.3 Å². The minimum absolute atomic E-state index is 0.405. The van der Waals surface area contributed by atoms with Crippen LogP contribution in [0.15, 0.2) is 41.9 Å². The highest BCUT2D eigenvalue weighted by Gasteiger charge is 2.20. The van der Waals surface area contributed by atoms with Crippen molar-refractivity contribution in [3.63, 3.8) is 0 Å². The van der Waals surface area contributed by atoms with Crippen molar-refractivity contribution in [2.24, 2.45) is 5.16 Å². The third-order valence-electron chi connectivity index (χ3n) is 2.23. The number of nitrogens with two attached hydrogens (primary N) is 1. The standard InChI is InChI=1S/C7H7N3O2.C5H6N2/c1-11-10-6-4-12-7-5(6)2-3-8-9-7;6-5-2-1-3-7-4-5/h2-3H,4H2,1H3;1-4H,6H2. The summed E-state index contributed by atoms with van der Waals surface area (Å²) in [5, 5.41) is 11.3. The summed E-state index contributed by atoms with van der Waals surface area (Å²) in [5.74, 6) is 0.522. The maximum absolute atomic E-state index is 5.30. The third-order valence-corrected chi connectivity index (χ3v) is 2.23. The average molecular weight is 259 g/mol. The molecule has 7 nitrogen and oxygen atoms in total. The van der Waals surface area contributed by atoms with E-state index in [9.17, 15) is 0 Å². The van der Waals surface area contributed by atoms with Crippen molar-refractivity contribution in [3.05, 3.63) is 42.4 Å². The van der Waals surface area contributed by atoms with Crippen LogP contribution in [0.1, 0.15) is 5.56 Å². The summed E-state index contributed by atoms with van der Waals surface area (Å²) in [6.45, 7) is 0.405. The van der Waals surface area contributed by atoms with Gasteiger partial charge in [-0.25, -0.2) is 0 Å². The van der Waals surface area contributed by atoms with E-state index in [0.717, 1.165) is 11.3 Å². The first-order chi connectivity index (χ1) is 9.31. The Morgan fingerprint density at radius 1 is 1.37 bits per heavy atom. The van der Waals surface area contributed by atoms with Crippen LogP contribution in [0.2, 0.25) is 0 Å². The molecule has 0 spiro atoms. The van der Waals surface area contributed by atoms with Crippen LogP contribution in [0, 0.1) is 0 Å². The molecule has 3 rings (SSSR count). The van der Waals surface area contributed by atoms with Crippen molar-refractivity contribution in [3.8, 4) is 5.88 Å². The van der Waals surface area contributed by atoms with Gasteiger partial charge in [0.15, 0.2) is 0 Å². The lowest BCUT2D eigenvalue weighted by molar-refractivity contribution is 0.211. The molecule has 0 fully saturated rings. The Morgan fingerprint density at radius 3 is 2.89 bits per heavy atom. The molecule has 0 amide bonds. The maximum atomic E-state index is 5.30. The maximum Gasteiger partial charge on any atom is 0.243 e. The van der Waals surface area contributed by atoms with E-state index in [1.165, 1.54) is 7.11 Å². The number of pyridine rings is 1. The second-order valence-electron chi connectivity index (χ2n) is 3.55. The van der Waals surface area contributed by atoms with Crippen molar-refractivity contribution < 1.29 is 9.57 Å². The molecule has 1 aliphatic heterocycles. The summed E-state index contributed by atoms with van der Waals surface area (Å²) in [6, 6.07) is 5.40. The van der Waals surface area contributed by atoms with Crippen LogP contribution in [0.3, 0.4) is 0 Å². The first-order valence-corrected chi connectivity index (χ1v) is 5.51. The molecule has 1 aliphatic rings. The summed E-state index contributed by atoms with van der Waals surface area (Å²) in [4.78, 5) is 8.40. The summed E-state index contributed by atoms with van der Waals surface area (Å²) in [5.41, 5.74) is 7.61. The molecule has 98 valence electrons. The third kappa shape index (κ3) is 3.38. The fourth-order valence-electron chi connectivity index (χ4n) is 1.42. The number of rotatable bonds is 1. The van der Waals surface area contributed by atoms with E-state index in [4.69, 9.17) is 10.5 Å². The van der Waals surface area contributed by atoms with Gasteiger partial charge in [-0.2, -0.15) is 5.10 Å². The van der Waals surface area contributed by atoms with Gasteiger partial charge in [0.1, 0.15) is 19.4 Å². The van der Waals surface area contributed by atoms with Crippen LogP contribution in [-0.2, 0) is 4.84 Å². The molecule has 0 saturated carbocycles. The fraction of sp³-hybridized carbons (Fsp3) is 0.167. The second kappa shape index (κ2) is 6.29. The first kappa shape index (κ1) is 12.7. The van der Waals surface area contributed by atoms with Crippen molar-refractivity contribution in [1.82, 2.24) is 15.2 Å². The summed E-state index contributed by atoms with van der Waals surface area (Å²) >= 11 is 0. The Kier molecular flexibility index (Phi) is 4.22. The Balaban J connectivity index is 0.000000163. The van der Waals surface area contributed by atoms with Crippen LogP contribution in [-0.4, -0.2) is 34.6 Å². The van der Waals surface area contributed by atoms with E-state index >= 15 is 0 Å². The van der Waals surface area contributed by atoms with Gasteiger partial charge in [0, 0.05) is 12.4 Å². The number of hydrogen-bond acceptors (Lipinski definition) is 7. The van der Waals surface area contributed by atoms with E-state index in [0.29, 0.717) is 18.2 Å². The molecule has 19 heavy (non-hydrogen) atoms. The van der Waals surface area contributed by atoms with Gasteiger partial charge in [0.2, 0.25) is 5.88 Å². The molecule has 7 heteroatoms. The molecule has 0 atom stereocenters. The summed E-state index contributed by atoms with van der Waals surface area (Å²) in [6.07, 6.45) is 4.90. The van der Waals surface area contributed by atoms with Crippen LogP contribution in [0.4, 0.5) is 5.69 Å². The van der Waals surface area contributed by atoms with Gasteiger partial charge in [0.25, 0.3) is 0 Å². The summed E-state index contributed by atoms with van der Waals surface area (Å²) in [7, 11) is 1.50. The quantitative estimate of drug-likeness (QED) is 0.764. The van der Waals surface area contributed by atoms with Gasteiger partial charge in [-0.05, 0) is 18.2 Å². The topological polar surface area (TPSA) is 95.5 Å². The van der Waals surface area contributed by atoms with Gasteiger partial charge in [-0.3, -0.25) is 4.98 Å². The lowest BCUT2D eigenvalue weighted by Gasteiger charge is -1.91. The largest absolute Gasteiger partial charge is 0.469 e.